The van der Waals surface area contributed by atoms with E-state index in [0.29, 0.717) is 28.9 Å². The lowest BCUT2D eigenvalue weighted by Crippen LogP contribution is -2.15. The Kier molecular flexibility index (Phi) is 6.32. The fourth-order valence-corrected chi connectivity index (χ4v) is 3.45. The molecule has 0 saturated carbocycles. The van der Waals surface area contributed by atoms with Crippen molar-refractivity contribution in [1.82, 2.24) is 4.98 Å². The minimum absolute atomic E-state index is 0.0995. The molecule has 4 nitrogen and oxygen atoms in total. The summed E-state index contributed by atoms with van der Waals surface area (Å²) in [5, 5.41) is 0. The molecule has 5 heteroatoms. The zero-order valence-electron chi connectivity index (χ0n) is 15.9. The first-order valence-corrected chi connectivity index (χ1v) is 9.65. The summed E-state index contributed by atoms with van der Waals surface area (Å²) in [7, 11) is 0. The summed E-state index contributed by atoms with van der Waals surface area (Å²) < 4.78 is 5.18. The van der Waals surface area contributed by atoms with Gasteiger partial charge in [0.1, 0.15) is 6.61 Å². The summed E-state index contributed by atoms with van der Waals surface area (Å²) in [5.41, 5.74) is 4.51. The maximum atomic E-state index is 13.4. The van der Waals surface area contributed by atoms with Gasteiger partial charge in [0.05, 0.1) is 17.0 Å². The lowest BCUT2D eigenvalue weighted by atomic mass is 9.92. The Labute approximate surface area is 169 Å². The number of esters is 1. The molecule has 1 heterocycles. The van der Waals surface area contributed by atoms with E-state index >= 15 is 0 Å². The van der Waals surface area contributed by atoms with Gasteiger partial charge in [-0.3, -0.25) is 4.79 Å². The summed E-state index contributed by atoms with van der Waals surface area (Å²) in [6, 6.07) is 17.5. The molecule has 0 amide bonds. The quantitative estimate of drug-likeness (QED) is 0.353. The molecule has 28 heavy (non-hydrogen) atoms. The molecule has 0 aliphatic rings. The number of rotatable bonds is 7. The number of halogens is 1. The number of aromatic amines is 1. The van der Waals surface area contributed by atoms with Gasteiger partial charge >= 0.3 is 5.97 Å². The first-order chi connectivity index (χ1) is 13.5. The Bertz CT molecular complexity index is 992. The Morgan fingerprint density at radius 3 is 2.29 bits per heavy atom. The van der Waals surface area contributed by atoms with E-state index in [2.05, 4.69) is 4.98 Å². The molecule has 1 aromatic heterocycles. The van der Waals surface area contributed by atoms with E-state index in [4.69, 9.17) is 16.3 Å². The molecule has 0 spiro atoms. The van der Waals surface area contributed by atoms with Crippen molar-refractivity contribution in [2.75, 3.05) is 12.5 Å². The van der Waals surface area contributed by atoms with Crippen molar-refractivity contribution in [3.63, 3.8) is 0 Å². The highest BCUT2D eigenvalue weighted by molar-refractivity contribution is 6.18. The summed E-state index contributed by atoms with van der Waals surface area (Å²) in [4.78, 5) is 29.1. The van der Waals surface area contributed by atoms with Gasteiger partial charge in [-0.25, -0.2) is 4.79 Å². The molecule has 0 aliphatic heterocycles. The first kappa shape index (κ1) is 19.9. The highest BCUT2D eigenvalue weighted by atomic mass is 35.5. The van der Waals surface area contributed by atoms with Crippen LogP contribution in [0.25, 0.3) is 0 Å². The Balaban J connectivity index is 2.01. The molecule has 144 valence electrons. The molecule has 2 aromatic carbocycles. The molecule has 0 atom stereocenters. The molecule has 0 fully saturated rings. The fraction of sp³-hybridized carbons (Fsp3) is 0.217. The molecule has 3 aromatic rings. The van der Waals surface area contributed by atoms with Crippen LogP contribution < -0.4 is 0 Å². The number of alkyl halides is 1. The van der Waals surface area contributed by atoms with E-state index in [1.807, 2.05) is 48.5 Å². The molecular weight excluding hydrogens is 374 g/mol. The average molecular weight is 396 g/mol. The lowest BCUT2D eigenvalue weighted by Gasteiger charge is -2.11. The van der Waals surface area contributed by atoms with Crippen LogP contribution in [0.2, 0.25) is 0 Å². The van der Waals surface area contributed by atoms with Crippen molar-refractivity contribution in [3.8, 4) is 0 Å². The number of benzene rings is 2. The number of ether oxygens (including phenoxy) is 1. The molecule has 3 rings (SSSR count). The Hall–Kier alpha value is -2.85. The van der Waals surface area contributed by atoms with Gasteiger partial charge in [-0.1, -0.05) is 54.6 Å². The Morgan fingerprint density at radius 2 is 1.57 bits per heavy atom. The molecule has 0 saturated heterocycles. The topological polar surface area (TPSA) is 59.2 Å². The van der Waals surface area contributed by atoms with Crippen LogP contribution in [0.1, 0.15) is 48.8 Å². The third-order valence-electron chi connectivity index (χ3n) is 4.62. The van der Waals surface area contributed by atoms with Crippen LogP contribution in [-0.4, -0.2) is 29.2 Å². The molecule has 0 radical (unpaired) electrons. The number of aryl methyl sites for hydroxylation is 2. The van der Waals surface area contributed by atoms with Gasteiger partial charge in [0.15, 0.2) is 5.78 Å². The van der Waals surface area contributed by atoms with Crippen LogP contribution >= 0.6 is 11.6 Å². The normalized spacial score (nSPS) is 10.7. The highest BCUT2D eigenvalue weighted by Gasteiger charge is 2.27. The third-order valence-corrected chi connectivity index (χ3v) is 4.77. The summed E-state index contributed by atoms with van der Waals surface area (Å²) in [6.07, 6.45) is 0.636. The molecule has 0 unspecified atom stereocenters. The van der Waals surface area contributed by atoms with Gasteiger partial charge in [0.25, 0.3) is 0 Å². The van der Waals surface area contributed by atoms with Crippen LogP contribution in [0.15, 0.2) is 54.6 Å². The summed E-state index contributed by atoms with van der Waals surface area (Å²) >= 11 is 5.62. The fourth-order valence-electron chi connectivity index (χ4n) is 3.37. The maximum Gasteiger partial charge on any atom is 0.340 e. The smallest absolute Gasteiger partial charge is 0.340 e. The van der Waals surface area contributed by atoms with Crippen LogP contribution in [0.5, 0.6) is 0 Å². The van der Waals surface area contributed by atoms with Crippen molar-refractivity contribution in [1.29, 1.82) is 0 Å². The molecule has 1 N–H and O–H groups in total. The Morgan fingerprint density at radius 1 is 0.929 bits per heavy atom. The number of ketones is 1. The van der Waals surface area contributed by atoms with Crippen LogP contribution in [0, 0.1) is 13.8 Å². The minimum atomic E-state index is -0.536. The second-order valence-electron chi connectivity index (χ2n) is 6.60. The standard InChI is InChI=1S/C23H22ClNO3/c1-15-20(21(16(2)25-15)23(27)28-13-12-24)22(26)19-11-7-6-10-18(19)14-17-8-4-3-5-9-17/h3-11,25H,12-14H2,1-2H3. The van der Waals surface area contributed by atoms with E-state index in [1.54, 1.807) is 19.9 Å². The lowest BCUT2D eigenvalue weighted by molar-refractivity contribution is 0.0525. The van der Waals surface area contributed by atoms with Crippen molar-refractivity contribution in [2.24, 2.45) is 0 Å². The second-order valence-corrected chi connectivity index (χ2v) is 6.98. The average Bonchev–Trinajstić information content (AvgIpc) is 3.00. The second kappa shape index (κ2) is 8.89. The van der Waals surface area contributed by atoms with Crippen LogP contribution in [0.4, 0.5) is 0 Å². The largest absolute Gasteiger partial charge is 0.461 e. The van der Waals surface area contributed by atoms with E-state index in [1.165, 1.54) is 0 Å². The summed E-state index contributed by atoms with van der Waals surface area (Å²) in [6.45, 7) is 3.65. The molecule has 0 aliphatic carbocycles. The van der Waals surface area contributed by atoms with Crippen molar-refractivity contribution in [2.45, 2.75) is 20.3 Å². The van der Waals surface area contributed by atoms with Crippen molar-refractivity contribution in [3.05, 3.63) is 93.8 Å². The van der Waals surface area contributed by atoms with Crippen molar-refractivity contribution >= 4 is 23.4 Å². The van der Waals surface area contributed by atoms with Gasteiger partial charge in [-0.2, -0.15) is 0 Å². The SMILES string of the molecule is Cc1[nH]c(C)c(C(=O)c2ccccc2Cc2ccccc2)c1C(=O)OCCCl. The number of nitrogens with one attached hydrogen (secondary N) is 1. The minimum Gasteiger partial charge on any atom is -0.461 e. The predicted molar refractivity (Wildman–Crippen MR) is 110 cm³/mol. The van der Waals surface area contributed by atoms with Crippen molar-refractivity contribution < 1.29 is 14.3 Å². The van der Waals surface area contributed by atoms with Gasteiger partial charge in [0, 0.05) is 17.0 Å². The molecular formula is C23H22ClNO3. The van der Waals surface area contributed by atoms with Crippen LogP contribution in [0.3, 0.4) is 0 Å². The van der Waals surface area contributed by atoms with E-state index < -0.39 is 5.97 Å². The van der Waals surface area contributed by atoms with E-state index in [-0.39, 0.29) is 23.8 Å². The monoisotopic (exact) mass is 395 g/mol. The van der Waals surface area contributed by atoms with Gasteiger partial charge in [0.2, 0.25) is 0 Å². The number of carbonyl (C=O) groups excluding carboxylic acids is 2. The summed E-state index contributed by atoms with van der Waals surface area (Å²) in [5.74, 6) is -0.519. The highest BCUT2D eigenvalue weighted by Crippen LogP contribution is 2.25. The number of hydrogen-bond donors (Lipinski definition) is 1. The maximum absolute atomic E-state index is 13.4. The number of hydrogen-bond acceptors (Lipinski definition) is 3. The number of carbonyl (C=O) groups is 2. The van der Waals surface area contributed by atoms with Gasteiger partial charge in [-0.15, -0.1) is 11.6 Å². The zero-order valence-corrected chi connectivity index (χ0v) is 16.7. The molecule has 0 bridgehead atoms. The zero-order chi connectivity index (χ0) is 20.1. The number of aromatic nitrogens is 1. The predicted octanol–water partition coefficient (Wildman–Crippen LogP) is 4.85. The first-order valence-electron chi connectivity index (χ1n) is 9.11. The van der Waals surface area contributed by atoms with E-state index in [0.717, 1.165) is 11.1 Å². The third kappa shape index (κ3) is 4.18. The van der Waals surface area contributed by atoms with Gasteiger partial charge < -0.3 is 9.72 Å². The number of H-pyrrole nitrogens is 1. The van der Waals surface area contributed by atoms with Gasteiger partial charge in [-0.05, 0) is 31.4 Å². The van der Waals surface area contributed by atoms with E-state index in [9.17, 15) is 9.59 Å². The van der Waals surface area contributed by atoms with Crippen LogP contribution in [-0.2, 0) is 11.2 Å².